The summed E-state index contributed by atoms with van der Waals surface area (Å²) in [6.45, 7) is 2.91. The number of carbonyl (C=O) groups excluding carboxylic acids is 2. The predicted molar refractivity (Wildman–Crippen MR) is 93.4 cm³/mol. The van der Waals surface area contributed by atoms with Gasteiger partial charge < -0.3 is 10.6 Å². The van der Waals surface area contributed by atoms with E-state index in [1.54, 1.807) is 30.0 Å². The first-order valence-electron chi connectivity index (χ1n) is 8.51. The molecule has 0 aliphatic carbocycles. The fraction of sp³-hybridized carbons (Fsp3) is 0.529. The van der Waals surface area contributed by atoms with Crippen LogP contribution in [0.25, 0.3) is 0 Å². The minimum atomic E-state index is -3.69. The van der Waals surface area contributed by atoms with E-state index in [4.69, 9.17) is 5.73 Å². The van der Waals surface area contributed by atoms with E-state index < -0.39 is 21.8 Å². The van der Waals surface area contributed by atoms with Gasteiger partial charge in [-0.3, -0.25) is 9.59 Å². The minimum absolute atomic E-state index is 0.0651. The molecule has 2 aliphatic rings. The van der Waals surface area contributed by atoms with Crippen molar-refractivity contribution in [1.82, 2.24) is 4.31 Å². The first kappa shape index (κ1) is 17.9. The lowest BCUT2D eigenvalue weighted by molar-refractivity contribution is -0.122. The Morgan fingerprint density at radius 1 is 1.24 bits per heavy atom. The molecule has 136 valence electrons. The second-order valence-corrected chi connectivity index (χ2v) is 8.61. The molecule has 2 fully saturated rings. The number of anilines is 1. The number of nitrogens with two attached hydrogens (primary N) is 1. The van der Waals surface area contributed by atoms with Gasteiger partial charge in [0.15, 0.2) is 0 Å². The van der Waals surface area contributed by atoms with Crippen LogP contribution in [0.1, 0.15) is 31.2 Å². The number of benzene rings is 1. The molecule has 0 spiro atoms. The molecular formula is C17H23N3O4S. The molecule has 7 nitrogen and oxygen atoms in total. The number of rotatable bonds is 4. The molecular weight excluding hydrogens is 342 g/mol. The maximum atomic E-state index is 13.0. The van der Waals surface area contributed by atoms with Crippen molar-refractivity contribution in [3.8, 4) is 0 Å². The molecule has 0 radical (unpaired) electrons. The van der Waals surface area contributed by atoms with E-state index in [-0.39, 0.29) is 17.3 Å². The number of primary amides is 1. The average Bonchev–Trinajstić information content (AvgIpc) is 3.00. The molecule has 1 aromatic rings. The Balaban J connectivity index is 1.87. The van der Waals surface area contributed by atoms with E-state index in [2.05, 4.69) is 0 Å². The summed E-state index contributed by atoms with van der Waals surface area (Å²) in [7, 11) is -3.69. The summed E-state index contributed by atoms with van der Waals surface area (Å²) in [5.74, 6) is -0.833. The van der Waals surface area contributed by atoms with Crippen molar-refractivity contribution in [2.45, 2.75) is 37.5 Å². The molecule has 0 saturated carbocycles. The van der Waals surface area contributed by atoms with Crippen molar-refractivity contribution in [2.24, 2.45) is 11.7 Å². The first-order valence-corrected chi connectivity index (χ1v) is 9.95. The molecule has 2 amide bonds. The lowest BCUT2D eigenvalue weighted by atomic mass is 9.99. The molecule has 2 saturated heterocycles. The van der Waals surface area contributed by atoms with Crippen LogP contribution in [-0.2, 0) is 19.6 Å². The summed E-state index contributed by atoms with van der Waals surface area (Å²) in [6, 6.07) is 4.98. The van der Waals surface area contributed by atoms with Crippen LogP contribution in [0.15, 0.2) is 23.1 Å². The second kappa shape index (κ2) is 6.76. The van der Waals surface area contributed by atoms with Crippen molar-refractivity contribution < 1.29 is 18.0 Å². The molecule has 0 bridgehead atoms. The zero-order valence-corrected chi connectivity index (χ0v) is 15.1. The zero-order valence-electron chi connectivity index (χ0n) is 14.3. The molecule has 25 heavy (non-hydrogen) atoms. The van der Waals surface area contributed by atoms with Gasteiger partial charge in [0.25, 0.3) is 0 Å². The monoisotopic (exact) mass is 365 g/mol. The highest BCUT2D eigenvalue weighted by Crippen LogP contribution is 2.29. The van der Waals surface area contributed by atoms with Gasteiger partial charge in [0.05, 0.1) is 10.8 Å². The zero-order chi connectivity index (χ0) is 18.2. The van der Waals surface area contributed by atoms with Gasteiger partial charge in [-0.05, 0) is 49.9 Å². The Morgan fingerprint density at radius 3 is 2.60 bits per heavy atom. The molecule has 3 rings (SSSR count). The van der Waals surface area contributed by atoms with Crippen LogP contribution in [0.4, 0.5) is 5.69 Å². The Bertz CT molecular complexity index is 806. The highest BCUT2D eigenvalue weighted by Gasteiger charge is 2.33. The molecule has 0 aromatic heterocycles. The standard InChI is InChI=1S/C17H23N3O4S/c1-12-10-14(20-9-3-5-16(20)21)6-7-15(12)25(23,24)19-8-2-4-13(11-19)17(18)22/h6-7,10,13H,2-5,8-9,11H2,1H3,(H2,18,22)/t13-/m0/s1. The summed E-state index contributed by atoms with van der Waals surface area (Å²) in [4.78, 5) is 25.2. The third-order valence-electron chi connectivity index (χ3n) is 4.95. The highest BCUT2D eigenvalue weighted by atomic mass is 32.2. The lowest BCUT2D eigenvalue weighted by Crippen LogP contribution is -2.44. The molecule has 8 heteroatoms. The van der Waals surface area contributed by atoms with Gasteiger partial charge in [0.1, 0.15) is 0 Å². The maximum Gasteiger partial charge on any atom is 0.243 e. The normalized spacial score (nSPS) is 22.4. The van der Waals surface area contributed by atoms with E-state index in [0.29, 0.717) is 37.9 Å². The molecule has 1 aromatic carbocycles. The number of aryl methyl sites for hydroxylation is 1. The van der Waals surface area contributed by atoms with E-state index in [1.165, 1.54) is 4.31 Å². The highest BCUT2D eigenvalue weighted by molar-refractivity contribution is 7.89. The number of hydrogen-bond acceptors (Lipinski definition) is 4. The Hall–Kier alpha value is -1.93. The van der Waals surface area contributed by atoms with Crippen LogP contribution in [0.2, 0.25) is 0 Å². The smallest absolute Gasteiger partial charge is 0.243 e. The molecule has 2 heterocycles. The van der Waals surface area contributed by atoms with Crippen molar-refractivity contribution in [3.05, 3.63) is 23.8 Å². The van der Waals surface area contributed by atoms with Crippen LogP contribution in [0.5, 0.6) is 0 Å². The number of nitrogens with zero attached hydrogens (tertiary/aromatic N) is 2. The third kappa shape index (κ3) is 3.41. The van der Waals surface area contributed by atoms with Gasteiger partial charge in [-0.2, -0.15) is 4.31 Å². The van der Waals surface area contributed by atoms with Gasteiger partial charge >= 0.3 is 0 Å². The van der Waals surface area contributed by atoms with E-state index in [1.807, 2.05) is 0 Å². The predicted octanol–water partition coefficient (Wildman–Crippen LogP) is 1.01. The summed E-state index contributed by atoms with van der Waals surface area (Å²) in [5.41, 5.74) is 6.67. The van der Waals surface area contributed by atoms with Crippen molar-refractivity contribution in [2.75, 3.05) is 24.5 Å². The first-order chi connectivity index (χ1) is 11.8. The van der Waals surface area contributed by atoms with E-state index in [0.717, 1.165) is 12.1 Å². The Morgan fingerprint density at radius 2 is 2.00 bits per heavy atom. The molecule has 1 atom stereocenters. The largest absolute Gasteiger partial charge is 0.369 e. The quantitative estimate of drug-likeness (QED) is 0.860. The van der Waals surface area contributed by atoms with Crippen molar-refractivity contribution in [3.63, 3.8) is 0 Å². The van der Waals surface area contributed by atoms with Gasteiger partial charge in [-0.25, -0.2) is 8.42 Å². The van der Waals surface area contributed by atoms with Gasteiger partial charge in [0, 0.05) is 31.7 Å². The van der Waals surface area contributed by atoms with E-state index in [9.17, 15) is 18.0 Å². The summed E-state index contributed by atoms with van der Waals surface area (Å²) in [6.07, 6.45) is 2.59. The summed E-state index contributed by atoms with van der Waals surface area (Å²) < 4.78 is 27.3. The minimum Gasteiger partial charge on any atom is -0.369 e. The molecule has 0 unspecified atom stereocenters. The number of sulfonamides is 1. The van der Waals surface area contributed by atoms with Crippen LogP contribution in [0, 0.1) is 12.8 Å². The van der Waals surface area contributed by atoms with Crippen molar-refractivity contribution >= 4 is 27.5 Å². The maximum absolute atomic E-state index is 13.0. The second-order valence-electron chi connectivity index (χ2n) is 6.70. The van der Waals surface area contributed by atoms with E-state index >= 15 is 0 Å². The SMILES string of the molecule is Cc1cc(N2CCCC2=O)ccc1S(=O)(=O)N1CCC[C@H](C(N)=O)C1. The number of hydrogen-bond donors (Lipinski definition) is 1. The average molecular weight is 365 g/mol. The Kier molecular flexibility index (Phi) is 4.83. The number of carbonyl (C=O) groups is 2. The molecule has 2 N–H and O–H groups in total. The number of piperidine rings is 1. The van der Waals surface area contributed by atoms with Crippen LogP contribution in [-0.4, -0.2) is 44.2 Å². The molecule has 2 aliphatic heterocycles. The lowest BCUT2D eigenvalue weighted by Gasteiger charge is -2.31. The van der Waals surface area contributed by atoms with Crippen LogP contribution < -0.4 is 10.6 Å². The van der Waals surface area contributed by atoms with Crippen molar-refractivity contribution in [1.29, 1.82) is 0 Å². The fourth-order valence-electron chi connectivity index (χ4n) is 3.54. The topological polar surface area (TPSA) is 101 Å². The van der Waals surface area contributed by atoms with Crippen LogP contribution in [0.3, 0.4) is 0 Å². The summed E-state index contributed by atoms with van der Waals surface area (Å²) >= 11 is 0. The van der Waals surface area contributed by atoms with Crippen LogP contribution >= 0.6 is 0 Å². The van der Waals surface area contributed by atoms with Gasteiger partial charge in [0.2, 0.25) is 21.8 Å². The van der Waals surface area contributed by atoms with Gasteiger partial charge in [-0.15, -0.1) is 0 Å². The third-order valence-corrected chi connectivity index (χ3v) is 6.97. The van der Waals surface area contributed by atoms with Gasteiger partial charge in [-0.1, -0.05) is 0 Å². The fourth-order valence-corrected chi connectivity index (χ4v) is 5.27. The number of amides is 2. The summed E-state index contributed by atoms with van der Waals surface area (Å²) in [5, 5.41) is 0. The Labute approximate surface area is 147 Å².